The van der Waals surface area contributed by atoms with Crippen LogP contribution in [0.4, 0.5) is 10.5 Å². The van der Waals surface area contributed by atoms with Crippen molar-refractivity contribution in [2.24, 2.45) is 5.92 Å². The average Bonchev–Trinajstić information content (AvgIpc) is 3.08. The predicted molar refractivity (Wildman–Crippen MR) is 92.2 cm³/mol. The Morgan fingerprint density at radius 3 is 2.71 bits per heavy atom. The average molecular weight is 355 g/mol. The van der Waals surface area contributed by atoms with E-state index in [0.717, 1.165) is 12.8 Å². The molecule has 1 fully saturated rings. The molecule has 24 heavy (non-hydrogen) atoms. The second-order valence-electron chi connectivity index (χ2n) is 5.90. The maximum atomic E-state index is 12.6. The number of hydrogen-bond donors (Lipinski definition) is 1. The highest BCUT2D eigenvalue weighted by atomic mass is 35.5. The van der Waals surface area contributed by atoms with Crippen molar-refractivity contribution in [2.75, 3.05) is 32.1 Å². The highest BCUT2D eigenvalue weighted by Gasteiger charge is 2.26. The number of halogens is 1. The first-order valence-electron chi connectivity index (χ1n) is 8.00. The number of nitrogens with one attached hydrogen (secondary N) is 1. The number of carbonyl (C=O) groups is 2. The normalized spacial score (nSPS) is 18.0. The third-order valence-corrected chi connectivity index (χ3v) is 4.18. The SMILES string of the molecule is COC(=O)C(C)CN(CC1CCCO1)C(=O)Nc1ccc(Cl)cc1. The van der Waals surface area contributed by atoms with Crippen molar-refractivity contribution in [1.82, 2.24) is 4.90 Å². The smallest absolute Gasteiger partial charge is 0.321 e. The van der Waals surface area contributed by atoms with E-state index in [4.69, 9.17) is 21.1 Å². The second kappa shape index (κ2) is 8.89. The number of benzene rings is 1. The van der Waals surface area contributed by atoms with E-state index in [2.05, 4.69) is 5.32 Å². The van der Waals surface area contributed by atoms with Crippen molar-refractivity contribution >= 4 is 29.3 Å². The molecule has 1 N–H and O–H groups in total. The number of esters is 1. The van der Waals surface area contributed by atoms with Gasteiger partial charge in [-0.05, 0) is 37.1 Å². The molecule has 2 amide bonds. The number of methoxy groups -OCH3 is 1. The summed E-state index contributed by atoms with van der Waals surface area (Å²) in [6, 6.07) is 6.60. The quantitative estimate of drug-likeness (QED) is 0.797. The van der Waals surface area contributed by atoms with Crippen LogP contribution in [0.5, 0.6) is 0 Å². The Balaban J connectivity index is 2.03. The van der Waals surface area contributed by atoms with Gasteiger partial charge in [-0.25, -0.2) is 4.79 Å². The zero-order valence-corrected chi connectivity index (χ0v) is 14.7. The van der Waals surface area contributed by atoms with Gasteiger partial charge < -0.3 is 19.7 Å². The van der Waals surface area contributed by atoms with E-state index in [1.807, 2.05) is 0 Å². The molecule has 0 saturated carbocycles. The van der Waals surface area contributed by atoms with Crippen molar-refractivity contribution in [3.8, 4) is 0 Å². The van der Waals surface area contributed by atoms with Crippen LogP contribution in [0.2, 0.25) is 5.02 Å². The molecule has 0 aromatic heterocycles. The Morgan fingerprint density at radius 1 is 1.42 bits per heavy atom. The summed E-state index contributed by atoms with van der Waals surface area (Å²) in [5, 5.41) is 3.43. The summed E-state index contributed by atoms with van der Waals surface area (Å²) in [4.78, 5) is 25.9. The van der Waals surface area contributed by atoms with Gasteiger partial charge in [0.1, 0.15) is 0 Å². The van der Waals surface area contributed by atoms with Crippen LogP contribution in [0, 0.1) is 5.92 Å². The lowest BCUT2D eigenvalue weighted by Crippen LogP contribution is -2.43. The highest BCUT2D eigenvalue weighted by molar-refractivity contribution is 6.30. The predicted octanol–water partition coefficient (Wildman–Crippen LogP) is 3.16. The third kappa shape index (κ3) is 5.39. The summed E-state index contributed by atoms with van der Waals surface area (Å²) >= 11 is 5.85. The lowest BCUT2D eigenvalue weighted by Gasteiger charge is -2.27. The number of anilines is 1. The van der Waals surface area contributed by atoms with E-state index in [-0.39, 0.29) is 24.6 Å². The lowest BCUT2D eigenvalue weighted by atomic mass is 10.1. The molecule has 0 spiro atoms. The van der Waals surface area contributed by atoms with Crippen molar-refractivity contribution in [2.45, 2.75) is 25.9 Å². The Bertz CT molecular complexity index is 558. The van der Waals surface area contributed by atoms with E-state index >= 15 is 0 Å². The summed E-state index contributed by atoms with van der Waals surface area (Å²) in [6.45, 7) is 3.17. The minimum atomic E-state index is -0.410. The molecular formula is C17H23ClN2O4. The standard InChI is InChI=1S/C17H23ClN2O4/c1-12(16(21)23-2)10-20(11-15-4-3-9-24-15)17(22)19-14-7-5-13(18)6-8-14/h5-8,12,15H,3-4,9-11H2,1-2H3,(H,19,22). The number of amides is 2. The highest BCUT2D eigenvalue weighted by Crippen LogP contribution is 2.17. The van der Waals surface area contributed by atoms with E-state index in [1.165, 1.54) is 7.11 Å². The minimum Gasteiger partial charge on any atom is -0.469 e. The monoisotopic (exact) mass is 354 g/mol. The fourth-order valence-corrected chi connectivity index (χ4v) is 2.74. The number of nitrogens with zero attached hydrogens (tertiary/aromatic N) is 1. The lowest BCUT2D eigenvalue weighted by molar-refractivity contribution is -0.145. The molecule has 132 valence electrons. The molecule has 1 aliphatic rings. The Morgan fingerprint density at radius 2 is 2.12 bits per heavy atom. The van der Waals surface area contributed by atoms with Crippen LogP contribution in [0.15, 0.2) is 24.3 Å². The summed E-state index contributed by atoms with van der Waals surface area (Å²) in [5.41, 5.74) is 0.646. The van der Waals surface area contributed by atoms with E-state index in [1.54, 1.807) is 36.1 Å². The van der Waals surface area contributed by atoms with Gasteiger partial charge in [0, 0.05) is 30.4 Å². The summed E-state index contributed by atoms with van der Waals surface area (Å²) in [6.07, 6.45) is 1.91. The Labute approximate surface area is 147 Å². The van der Waals surface area contributed by atoms with Crippen LogP contribution in [0.1, 0.15) is 19.8 Å². The van der Waals surface area contributed by atoms with Gasteiger partial charge in [0.15, 0.2) is 0 Å². The van der Waals surface area contributed by atoms with Gasteiger partial charge in [-0.15, -0.1) is 0 Å². The molecule has 6 nitrogen and oxygen atoms in total. The fourth-order valence-electron chi connectivity index (χ4n) is 2.62. The van der Waals surface area contributed by atoms with Crippen molar-refractivity contribution in [3.63, 3.8) is 0 Å². The summed E-state index contributed by atoms with van der Waals surface area (Å²) < 4.78 is 10.4. The molecule has 0 radical (unpaired) electrons. The van der Waals surface area contributed by atoms with Crippen LogP contribution in [0.25, 0.3) is 0 Å². The number of urea groups is 1. The topological polar surface area (TPSA) is 67.9 Å². The van der Waals surface area contributed by atoms with Crippen LogP contribution >= 0.6 is 11.6 Å². The summed E-state index contributed by atoms with van der Waals surface area (Å²) in [5.74, 6) is -0.751. The molecule has 7 heteroatoms. The van der Waals surface area contributed by atoms with Crippen LogP contribution in [0.3, 0.4) is 0 Å². The molecule has 2 unspecified atom stereocenters. The molecule has 2 rings (SSSR count). The molecule has 0 bridgehead atoms. The number of rotatable bonds is 6. The van der Waals surface area contributed by atoms with Gasteiger partial charge in [-0.3, -0.25) is 4.79 Å². The molecular weight excluding hydrogens is 332 g/mol. The number of carbonyl (C=O) groups excluding carboxylic acids is 2. The summed E-state index contributed by atoms with van der Waals surface area (Å²) in [7, 11) is 1.34. The van der Waals surface area contributed by atoms with Crippen molar-refractivity contribution < 1.29 is 19.1 Å². The van der Waals surface area contributed by atoms with Crippen LogP contribution in [-0.4, -0.2) is 49.8 Å². The Hall–Kier alpha value is -1.79. The minimum absolute atomic E-state index is 0.00538. The first-order valence-corrected chi connectivity index (χ1v) is 8.38. The zero-order chi connectivity index (χ0) is 17.5. The third-order valence-electron chi connectivity index (χ3n) is 3.93. The van der Waals surface area contributed by atoms with Gasteiger partial charge in [-0.1, -0.05) is 18.5 Å². The first kappa shape index (κ1) is 18.5. The molecule has 0 aliphatic carbocycles. The van der Waals surface area contributed by atoms with Gasteiger partial charge >= 0.3 is 12.0 Å². The molecule has 1 aliphatic heterocycles. The van der Waals surface area contributed by atoms with E-state index in [9.17, 15) is 9.59 Å². The second-order valence-corrected chi connectivity index (χ2v) is 6.34. The van der Waals surface area contributed by atoms with Crippen LogP contribution in [-0.2, 0) is 14.3 Å². The molecule has 1 saturated heterocycles. The van der Waals surface area contributed by atoms with Gasteiger partial charge in [0.25, 0.3) is 0 Å². The largest absolute Gasteiger partial charge is 0.469 e. The van der Waals surface area contributed by atoms with Crippen molar-refractivity contribution in [1.29, 1.82) is 0 Å². The molecule has 1 aromatic rings. The fraction of sp³-hybridized carbons (Fsp3) is 0.529. The molecule has 1 heterocycles. The molecule has 1 aromatic carbocycles. The van der Waals surface area contributed by atoms with Gasteiger partial charge in [0.2, 0.25) is 0 Å². The number of hydrogen-bond acceptors (Lipinski definition) is 4. The maximum Gasteiger partial charge on any atom is 0.321 e. The number of ether oxygens (including phenoxy) is 2. The van der Waals surface area contributed by atoms with E-state index in [0.29, 0.717) is 23.9 Å². The Kier molecular flexibility index (Phi) is 6.87. The van der Waals surface area contributed by atoms with Crippen LogP contribution < -0.4 is 5.32 Å². The first-order chi connectivity index (χ1) is 11.5. The van der Waals surface area contributed by atoms with Gasteiger partial charge in [0.05, 0.1) is 19.1 Å². The van der Waals surface area contributed by atoms with Crippen molar-refractivity contribution in [3.05, 3.63) is 29.3 Å². The molecule has 2 atom stereocenters. The zero-order valence-electron chi connectivity index (χ0n) is 14.0. The van der Waals surface area contributed by atoms with Gasteiger partial charge in [-0.2, -0.15) is 0 Å². The maximum absolute atomic E-state index is 12.6. The van der Waals surface area contributed by atoms with E-state index < -0.39 is 5.92 Å².